The van der Waals surface area contributed by atoms with E-state index in [2.05, 4.69) is 4.40 Å². The molecule has 18 heavy (non-hydrogen) atoms. The molecule has 92 valence electrons. The van der Waals surface area contributed by atoms with Gasteiger partial charge in [-0.3, -0.25) is 0 Å². The molecule has 2 aromatic carbocycles. The fourth-order valence-electron chi connectivity index (χ4n) is 1.24. The molecule has 0 heterocycles. The van der Waals surface area contributed by atoms with Gasteiger partial charge in [0.1, 0.15) is 5.82 Å². The van der Waals surface area contributed by atoms with Crippen LogP contribution in [0, 0.1) is 5.82 Å². The molecule has 0 radical (unpaired) electrons. The van der Waals surface area contributed by atoms with Crippen LogP contribution in [0.25, 0.3) is 0 Å². The summed E-state index contributed by atoms with van der Waals surface area (Å²) in [4.78, 5) is 0.868. The molecule has 0 aliphatic carbocycles. The Bertz CT molecular complexity index is 570. The van der Waals surface area contributed by atoms with Crippen LogP contribution in [0.1, 0.15) is 5.56 Å². The van der Waals surface area contributed by atoms with E-state index in [0.29, 0.717) is 10.0 Å². The molecule has 0 saturated carbocycles. The minimum atomic E-state index is -0.257. The molecule has 5 heteroatoms. The standard InChI is InChI=1S/C13H8Cl2FNS/c14-12-6-1-9(7-13(12)15)8-17-18-11-4-2-10(16)3-5-11/h1-8H. The van der Waals surface area contributed by atoms with Crippen LogP contribution in [0.4, 0.5) is 4.39 Å². The van der Waals surface area contributed by atoms with Gasteiger partial charge in [-0.25, -0.2) is 8.79 Å². The van der Waals surface area contributed by atoms with Gasteiger partial charge >= 0.3 is 0 Å². The second-order valence-electron chi connectivity index (χ2n) is 3.45. The van der Waals surface area contributed by atoms with E-state index in [1.165, 1.54) is 24.1 Å². The summed E-state index contributed by atoms with van der Waals surface area (Å²) < 4.78 is 16.9. The van der Waals surface area contributed by atoms with Crippen molar-refractivity contribution in [3.05, 3.63) is 63.9 Å². The van der Waals surface area contributed by atoms with Gasteiger partial charge in [0.25, 0.3) is 0 Å². The molecule has 0 aliphatic rings. The van der Waals surface area contributed by atoms with Crippen LogP contribution in [0.5, 0.6) is 0 Å². The summed E-state index contributed by atoms with van der Waals surface area (Å²) in [7, 11) is 0. The maximum atomic E-state index is 12.7. The Morgan fingerprint density at radius 2 is 1.72 bits per heavy atom. The van der Waals surface area contributed by atoms with E-state index in [1.54, 1.807) is 30.5 Å². The second kappa shape index (κ2) is 6.23. The highest BCUT2D eigenvalue weighted by Crippen LogP contribution is 2.23. The normalized spacial score (nSPS) is 11.1. The number of benzene rings is 2. The van der Waals surface area contributed by atoms with Crippen LogP contribution >= 0.6 is 35.1 Å². The Labute approximate surface area is 119 Å². The molecule has 2 aromatic rings. The Morgan fingerprint density at radius 1 is 1.00 bits per heavy atom. The van der Waals surface area contributed by atoms with Gasteiger partial charge in [0.05, 0.1) is 10.0 Å². The monoisotopic (exact) mass is 299 g/mol. The first-order valence-corrected chi connectivity index (χ1v) is 6.59. The summed E-state index contributed by atoms with van der Waals surface area (Å²) in [5.41, 5.74) is 0.860. The largest absolute Gasteiger partial charge is 0.219 e. The molecule has 0 amide bonds. The van der Waals surface area contributed by atoms with Gasteiger partial charge in [-0.2, -0.15) is 0 Å². The second-order valence-corrected chi connectivity index (χ2v) is 5.13. The van der Waals surface area contributed by atoms with Gasteiger partial charge in [0, 0.05) is 23.1 Å². The van der Waals surface area contributed by atoms with Crippen LogP contribution in [-0.4, -0.2) is 6.21 Å². The number of halogens is 3. The molecule has 0 N–H and O–H groups in total. The molecule has 0 bridgehead atoms. The van der Waals surface area contributed by atoms with Gasteiger partial charge in [0.2, 0.25) is 0 Å². The van der Waals surface area contributed by atoms with Gasteiger partial charge in [-0.15, -0.1) is 0 Å². The molecular weight excluding hydrogens is 292 g/mol. The van der Waals surface area contributed by atoms with Gasteiger partial charge in [-0.05, 0) is 42.0 Å². The minimum absolute atomic E-state index is 0.257. The van der Waals surface area contributed by atoms with Crippen molar-refractivity contribution in [2.45, 2.75) is 4.90 Å². The van der Waals surface area contributed by atoms with E-state index in [1.807, 2.05) is 6.07 Å². The molecule has 0 atom stereocenters. The maximum absolute atomic E-state index is 12.7. The van der Waals surface area contributed by atoms with Gasteiger partial charge in [0.15, 0.2) is 0 Å². The summed E-state index contributed by atoms with van der Waals surface area (Å²) in [6.45, 7) is 0. The molecule has 1 nitrogen and oxygen atoms in total. The summed E-state index contributed by atoms with van der Waals surface area (Å²) in [5, 5.41) is 1.01. The summed E-state index contributed by atoms with van der Waals surface area (Å²) >= 11 is 13.0. The average molecular weight is 300 g/mol. The van der Waals surface area contributed by atoms with E-state index in [4.69, 9.17) is 23.2 Å². The lowest BCUT2D eigenvalue weighted by molar-refractivity contribution is 0.626. The van der Waals surface area contributed by atoms with Crippen molar-refractivity contribution in [3.8, 4) is 0 Å². The van der Waals surface area contributed by atoms with E-state index in [9.17, 15) is 4.39 Å². The van der Waals surface area contributed by atoms with Crippen LogP contribution in [0.2, 0.25) is 10.0 Å². The third kappa shape index (κ3) is 3.73. The zero-order valence-electron chi connectivity index (χ0n) is 9.11. The predicted molar refractivity (Wildman–Crippen MR) is 76.3 cm³/mol. The highest BCUT2D eigenvalue weighted by atomic mass is 35.5. The lowest BCUT2D eigenvalue weighted by Gasteiger charge is -1.97. The molecule has 0 aliphatic heterocycles. The van der Waals surface area contributed by atoms with Crippen LogP contribution < -0.4 is 0 Å². The van der Waals surface area contributed by atoms with Crippen molar-refractivity contribution >= 4 is 41.4 Å². The molecule has 0 fully saturated rings. The number of rotatable bonds is 3. The van der Waals surface area contributed by atoms with Crippen molar-refractivity contribution in [3.63, 3.8) is 0 Å². The van der Waals surface area contributed by atoms with Crippen LogP contribution in [0.3, 0.4) is 0 Å². The number of hydrogen-bond acceptors (Lipinski definition) is 2. The molecular formula is C13H8Cl2FNS. The van der Waals surface area contributed by atoms with Crippen molar-refractivity contribution < 1.29 is 4.39 Å². The predicted octanol–water partition coefficient (Wildman–Crippen LogP) is 5.26. The Kier molecular flexibility index (Phi) is 4.64. The highest BCUT2D eigenvalue weighted by Gasteiger charge is 1.97. The van der Waals surface area contributed by atoms with E-state index in [-0.39, 0.29) is 5.82 Å². The summed E-state index contributed by atoms with van der Waals surface area (Å²) in [6.07, 6.45) is 1.68. The van der Waals surface area contributed by atoms with Crippen molar-refractivity contribution in [2.24, 2.45) is 4.40 Å². The minimum Gasteiger partial charge on any atom is -0.219 e. The molecule has 0 aromatic heterocycles. The van der Waals surface area contributed by atoms with E-state index < -0.39 is 0 Å². The van der Waals surface area contributed by atoms with E-state index >= 15 is 0 Å². The highest BCUT2D eigenvalue weighted by molar-refractivity contribution is 7.98. The van der Waals surface area contributed by atoms with Gasteiger partial charge in [-0.1, -0.05) is 29.3 Å². The van der Waals surface area contributed by atoms with Crippen molar-refractivity contribution in [2.75, 3.05) is 0 Å². The summed E-state index contributed by atoms with van der Waals surface area (Å²) in [5.74, 6) is -0.257. The first kappa shape index (κ1) is 13.4. The maximum Gasteiger partial charge on any atom is 0.123 e. The third-order valence-electron chi connectivity index (χ3n) is 2.12. The van der Waals surface area contributed by atoms with Crippen LogP contribution in [-0.2, 0) is 0 Å². The average Bonchev–Trinajstić information content (AvgIpc) is 2.36. The summed E-state index contributed by atoms with van der Waals surface area (Å²) in [6, 6.07) is 11.4. The third-order valence-corrected chi connectivity index (χ3v) is 3.55. The fourth-order valence-corrected chi connectivity index (χ4v) is 2.10. The Balaban J connectivity index is 2.02. The Hall–Kier alpha value is -1.03. The fraction of sp³-hybridized carbons (Fsp3) is 0. The topological polar surface area (TPSA) is 12.4 Å². The van der Waals surface area contributed by atoms with Gasteiger partial charge < -0.3 is 0 Å². The molecule has 0 saturated heterocycles. The molecule has 0 spiro atoms. The Morgan fingerprint density at radius 3 is 2.39 bits per heavy atom. The zero-order valence-corrected chi connectivity index (χ0v) is 11.4. The lowest BCUT2D eigenvalue weighted by Crippen LogP contribution is -1.80. The first-order chi connectivity index (χ1) is 8.65. The molecule has 0 unspecified atom stereocenters. The number of nitrogens with zero attached hydrogens (tertiary/aromatic N) is 1. The first-order valence-electron chi connectivity index (χ1n) is 5.06. The van der Waals surface area contributed by atoms with Crippen LogP contribution in [0.15, 0.2) is 51.8 Å². The molecule has 2 rings (SSSR count). The van der Waals surface area contributed by atoms with Crippen molar-refractivity contribution in [1.29, 1.82) is 0 Å². The smallest absolute Gasteiger partial charge is 0.123 e. The number of hydrogen-bond donors (Lipinski definition) is 0. The quantitative estimate of drug-likeness (QED) is 0.556. The zero-order chi connectivity index (χ0) is 13.0. The van der Waals surface area contributed by atoms with E-state index in [0.717, 1.165) is 10.5 Å². The SMILES string of the molecule is Fc1ccc(SN=Cc2ccc(Cl)c(Cl)c2)cc1. The van der Waals surface area contributed by atoms with Crippen molar-refractivity contribution in [1.82, 2.24) is 0 Å². The lowest BCUT2D eigenvalue weighted by atomic mass is 10.2.